The maximum Gasteiger partial charge on any atom is 0.245 e. The molecule has 2 amide bonds. The Hall–Kier alpha value is -1.11. The monoisotopic (exact) mass is 304 g/mol. The van der Waals surface area contributed by atoms with E-state index in [1.54, 1.807) is 0 Å². The SMILES string of the molecule is CCC1C(=O)NC(CC(C)C)C(=O)N1CCS(C)(=O)=O. The maximum absolute atomic E-state index is 12.4. The van der Waals surface area contributed by atoms with Crippen LogP contribution in [0.5, 0.6) is 0 Å². The maximum atomic E-state index is 12.4. The number of nitrogens with one attached hydrogen (secondary N) is 1. The summed E-state index contributed by atoms with van der Waals surface area (Å²) in [5.41, 5.74) is 0. The number of hydrogen-bond acceptors (Lipinski definition) is 4. The van der Waals surface area contributed by atoms with E-state index in [2.05, 4.69) is 5.32 Å². The van der Waals surface area contributed by atoms with Crippen molar-refractivity contribution in [3.63, 3.8) is 0 Å². The van der Waals surface area contributed by atoms with Crippen LogP contribution in [0.1, 0.15) is 33.6 Å². The Bertz CT molecular complexity index is 473. The molecule has 0 saturated carbocycles. The molecule has 0 aromatic rings. The van der Waals surface area contributed by atoms with Crippen LogP contribution in [0.4, 0.5) is 0 Å². The number of amides is 2. The molecule has 0 radical (unpaired) electrons. The second kappa shape index (κ2) is 6.56. The molecule has 1 aliphatic rings. The Labute approximate surface area is 120 Å². The van der Waals surface area contributed by atoms with Crippen LogP contribution < -0.4 is 5.32 Å². The van der Waals surface area contributed by atoms with Gasteiger partial charge in [0.25, 0.3) is 0 Å². The Balaban J connectivity index is 2.88. The molecular formula is C13H24N2O4S. The summed E-state index contributed by atoms with van der Waals surface area (Å²) >= 11 is 0. The zero-order valence-electron chi connectivity index (χ0n) is 12.5. The normalized spacial score (nSPS) is 24.1. The second-order valence-corrected chi connectivity index (χ2v) is 8.04. The lowest BCUT2D eigenvalue weighted by molar-refractivity contribution is -0.149. The topological polar surface area (TPSA) is 83.6 Å². The van der Waals surface area contributed by atoms with Crippen LogP contribution in [0.25, 0.3) is 0 Å². The molecule has 1 rings (SSSR count). The number of carbonyl (C=O) groups is 2. The molecule has 0 bridgehead atoms. The standard InChI is InChI=1S/C13H24N2O4S/c1-5-11-12(16)14-10(8-9(2)3)13(17)15(11)6-7-20(4,18)19/h9-11H,5-8H2,1-4H3,(H,14,16). The highest BCUT2D eigenvalue weighted by Crippen LogP contribution is 2.17. The summed E-state index contributed by atoms with van der Waals surface area (Å²) in [5.74, 6) is -0.198. The smallest absolute Gasteiger partial charge is 0.245 e. The third kappa shape index (κ3) is 4.47. The summed E-state index contributed by atoms with van der Waals surface area (Å²) in [5, 5.41) is 2.75. The molecule has 7 heteroatoms. The first kappa shape index (κ1) is 16.9. The molecule has 1 fully saturated rings. The van der Waals surface area contributed by atoms with Crippen LogP contribution >= 0.6 is 0 Å². The Morgan fingerprint density at radius 3 is 2.35 bits per heavy atom. The molecule has 2 unspecified atom stereocenters. The number of nitrogens with zero attached hydrogens (tertiary/aromatic N) is 1. The number of hydrogen-bond donors (Lipinski definition) is 1. The molecule has 20 heavy (non-hydrogen) atoms. The Kier molecular flexibility index (Phi) is 5.56. The largest absolute Gasteiger partial charge is 0.342 e. The van der Waals surface area contributed by atoms with Gasteiger partial charge < -0.3 is 10.2 Å². The van der Waals surface area contributed by atoms with E-state index < -0.39 is 21.9 Å². The van der Waals surface area contributed by atoms with Crippen molar-refractivity contribution in [2.24, 2.45) is 5.92 Å². The van der Waals surface area contributed by atoms with Crippen molar-refractivity contribution in [1.29, 1.82) is 0 Å². The third-order valence-corrected chi connectivity index (χ3v) is 4.30. The van der Waals surface area contributed by atoms with Crippen molar-refractivity contribution < 1.29 is 18.0 Å². The minimum atomic E-state index is -3.16. The molecule has 1 aliphatic heterocycles. The Morgan fingerprint density at radius 2 is 1.90 bits per heavy atom. The first-order chi connectivity index (χ1) is 9.15. The quantitative estimate of drug-likeness (QED) is 0.759. The molecule has 0 spiro atoms. The Morgan fingerprint density at radius 1 is 1.30 bits per heavy atom. The summed E-state index contributed by atoms with van der Waals surface area (Å²) in [7, 11) is -3.16. The van der Waals surface area contributed by atoms with Crippen LogP contribution in [0.2, 0.25) is 0 Å². The van der Waals surface area contributed by atoms with Gasteiger partial charge in [-0.2, -0.15) is 0 Å². The van der Waals surface area contributed by atoms with Crippen molar-refractivity contribution in [2.75, 3.05) is 18.6 Å². The number of rotatable bonds is 6. The molecule has 6 nitrogen and oxygen atoms in total. The summed E-state index contributed by atoms with van der Waals surface area (Å²) in [6.45, 7) is 5.85. The van der Waals surface area contributed by atoms with Gasteiger partial charge in [0.15, 0.2) is 0 Å². The van der Waals surface area contributed by atoms with Crippen LogP contribution in [0, 0.1) is 5.92 Å². The van der Waals surface area contributed by atoms with Gasteiger partial charge in [-0.1, -0.05) is 20.8 Å². The first-order valence-corrected chi connectivity index (χ1v) is 9.00. The van der Waals surface area contributed by atoms with Gasteiger partial charge in [-0.3, -0.25) is 9.59 Å². The minimum Gasteiger partial charge on any atom is -0.342 e. The van der Waals surface area contributed by atoms with Crippen molar-refractivity contribution in [3.8, 4) is 0 Å². The van der Waals surface area contributed by atoms with Gasteiger partial charge in [-0.05, 0) is 18.8 Å². The lowest BCUT2D eigenvalue weighted by atomic mass is 9.98. The summed E-state index contributed by atoms with van der Waals surface area (Å²) in [6.07, 6.45) is 2.18. The highest BCUT2D eigenvalue weighted by Gasteiger charge is 2.39. The zero-order valence-corrected chi connectivity index (χ0v) is 13.4. The summed E-state index contributed by atoms with van der Waals surface area (Å²) in [6, 6.07) is -1.10. The van der Waals surface area contributed by atoms with Gasteiger partial charge in [0, 0.05) is 12.8 Å². The fourth-order valence-corrected chi connectivity index (χ4v) is 2.92. The molecule has 0 aromatic heterocycles. The molecule has 0 aliphatic carbocycles. The summed E-state index contributed by atoms with van der Waals surface area (Å²) < 4.78 is 22.6. The molecule has 116 valence electrons. The van der Waals surface area contributed by atoms with E-state index in [-0.39, 0.29) is 30.0 Å². The van der Waals surface area contributed by atoms with Crippen molar-refractivity contribution in [3.05, 3.63) is 0 Å². The average Bonchev–Trinajstić information content (AvgIpc) is 2.29. The van der Waals surface area contributed by atoms with Crippen molar-refractivity contribution in [2.45, 2.75) is 45.7 Å². The molecule has 1 heterocycles. The number of sulfone groups is 1. The van der Waals surface area contributed by atoms with E-state index in [0.717, 1.165) is 6.26 Å². The van der Waals surface area contributed by atoms with Gasteiger partial charge in [-0.15, -0.1) is 0 Å². The van der Waals surface area contributed by atoms with Gasteiger partial charge in [0.05, 0.1) is 5.75 Å². The average molecular weight is 304 g/mol. The minimum absolute atomic E-state index is 0.0815. The van der Waals surface area contributed by atoms with E-state index in [1.165, 1.54) is 4.90 Å². The number of carbonyl (C=O) groups excluding carboxylic acids is 2. The number of piperazine rings is 1. The van der Waals surface area contributed by atoms with Crippen LogP contribution in [0.3, 0.4) is 0 Å². The second-order valence-electron chi connectivity index (χ2n) is 5.78. The van der Waals surface area contributed by atoms with E-state index in [9.17, 15) is 18.0 Å². The van der Waals surface area contributed by atoms with Crippen LogP contribution in [-0.2, 0) is 19.4 Å². The lowest BCUT2D eigenvalue weighted by Crippen LogP contribution is -2.63. The van der Waals surface area contributed by atoms with Gasteiger partial charge in [-0.25, -0.2) is 8.42 Å². The fraction of sp³-hybridized carbons (Fsp3) is 0.846. The molecule has 1 N–H and O–H groups in total. The highest BCUT2D eigenvalue weighted by molar-refractivity contribution is 7.90. The van der Waals surface area contributed by atoms with Crippen molar-refractivity contribution in [1.82, 2.24) is 10.2 Å². The van der Waals surface area contributed by atoms with Gasteiger partial charge in [0.2, 0.25) is 11.8 Å². The fourth-order valence-electron chi connectivity index (χ4n) is 2.39. The third-order valence-electron chi connectivity index (χ3n) is 3.37. The van der Waals surface area contributed by atoms with Crippen LogP contribution in [-0.4, -0.2) is 55.8 Å². The van der Waals surface area contributed by atoms with E-state index in [0.29, 0.717) is 12.8 Å². The molecule has 1 saturated heterocycles. The predicted molar refractivity (Wildman–Crippen MR) is 76.9 cm³/mol. The lowest BCUT2D eigenvalue weighted by Gasteiger charge is -2.39. The molecule has 0 aromatic carbocycles. The van der Waals surface area contributed by atoms with Crippen LogP contribution in [0.15, 0.2) is 0 Å². The zero-order chi connectivity index (χ0) is 15.5. The van der Waals surface area contributed by atoms with E-state index in [1.807, 2.05) is 20.8 Å². The molecular weight excluding hydrogens is 280 g/mol. The first-order valence-electron chi connectivity index (χ1n) is 6.94. The molecule has 2 atom stereocenters. The van der Waals surface area contributed by atoms with Gasteiger partial charge in [0.1, 0.15) is 21.9 Å². The predicted octanol–water partition coefficient (Wildman–Crippen LogP) is 0.183. The van der Waals surface area contributed by atoms with E-state index >= 15 is 0 Å². The van der Waals surface area contributed by atoms with Gasteiger partial charge >= 0.3 is 0 Å². The van der Waals surface area contributed by atoms with Crippen molar-refractivity contribution >= 4 is 21.7 Å². The summed E-state index contributed by atoms with van der Waals surface area (Å²) in [4.78, 5) is 25.9. The van der Waals surface area contributed by atoms with E-state index in [4.69, 9.17) is 0 Å². The highest BCUT2D eigenvalue weighted by atomic mass is 32.2.